The van der Waals surface area contributed by atoms with E-state index in [0.717, 1.165) is 11.0 Å². The highest BCUT2D eigenvalue weighted by atomic mass is 19.2. The van der Waals surface area contributed by atoms with Gasteiger partial charge in [0.1, 0.15) is 12.1 Å². The van der Waals surface area contributed by atoms with Crippen LogP contribution in [-0.2, 0) is 9.53 Å². The molecule has 0 bridgehead atoms. The van der Waals surface area contributed by atoms with E-state index in [2.05, 4.69) is 0 Å². The van der Waals surface area contributed by atoms with Crippen LogP contribution in [0.25, 0.3) is 0 Å². The molecular formula is C13H12F3NO3. The molecule has 1 aromatic rings. The monoisotopic (exact) mass is 287 g/mol. The number of morpholine rings is 1. The fraction of sp³-hybridized carbons (Fsp3) is 0.385. The van der Waals surface area contributed by atoms with E-state index >= 15 is 0 Å². The summed E-state index contributed by atoms with van der Waals surface area (Å²) in [6, 6.07) is 1.52. The predicted molar refractivity (Wildman–Crippen MR) is 62.4 cm³/mol. The summed E-state index contributed by atoms with van der Waals surface area (Å²) >= 11 is 0. The molecule has 1 fully saturated rings. The first-order chi connectivity index (χ1) is 9.26. The normalized spacial score (nSPS) is 17.9. The van der Waals surface area contributed by atoms with Crippen LogP contribution in [0.4, 0.5) is 13.2 Å². The molecule has 0 spiro atoms. The number of nitrogens with zero attached hydrogens (tertiary/aromatic N) is 1. The third-order valence-corrected chi connectivity index (χ3v) is 3.23. The van der Waals surface area contributed by atoms with E-state index in [1.54, 1.807) is 0 Å². The Morgan fingerprint density at radius 1 is 1.25 bits per heavy atom. The van der Waals surface area contributed by atoms with Crippen molar-refractivity contribution in [2.24, 2.45) is 0 Å². The third kappa shape index (κ3) is 2.13. The van der Waals surface area contributed by atoms with Gasteiger partial charge in [-0.3, -0.25) is 4.79 Å². The highest BCUT2D eigenvalue weighted by Crippen LogP contribution is 2.25. The lowest BCUT2D eigenvalue weighted by Crippen LogP contribution is -2.58. The van der Waals surface area contributed by atoms with Gasteiger partial charge in [0.25, 0.3) is 5.91 Å². The van der Waals surface area contributed by atoms with Crippen molar-refractivity contribution in [2.45, 2.75) is 19.4 Å². The van der Waals surface area contributed by atoms with Gasteiger partial charge in [0.15, 0.2) is 17.5 Å². The second-order valence-corrected chi connectivity index (χ2v) is 4.87. The summed E-state index contributed by atoms with van der Waals surface area (Å²) < 4.78 is 44.5. The van der Waals surface area contributed by atoms with Crippen molar-refractivity contribution in [3.8, 4) is 0 Å². The highest BCUT2D eigenvalue weighted by Gasteiger charge is 2.43. The first kappa shape index (κ1) is 14.4. The molecule has 1 aliphatic rings. The number of rotatable bonds is 1. The third-order valence-electron chi connectivity index (χ3n) is 3.23. The summed E-state index contributed by atoms with van der Waals surface area (Å²) in [5, 5.41) is 0. The second-order valence-electron chi connectivity index (χ2n) is 4.87. The van der Waals surface area contributed by atoms with E-state index in [9.17, 15) is 22.8 Å². The van der Waals surface area contributed by atoms with E-state index < -0.39 is 40.4 Å². The topological polar surface area (TPSA) is 46.6 Å². The minimum atomic E-state index is -1.71. The van der Waals surface area contributed by atoms with Crippen LogP contribution in [0.15, 0.2) is 12.1 Å². The van der Waals surface area contributed by atoms with Crippen LogP contribution in [0.1, 0.15) is 24.2 Å². The van der Waals surface area contributed by atoms with Gasteiger partial charge in [0, 0.05) is 0 Å². The number of ether oxygens (including phenoxy) is 1. The van der Waals surface area contributed by atoms with Gasteiger partial charge in [-0.15, -0.1) is 0 Å². The maximum atomic E-state index is 13.6. The largest absolute Gasteiger partial charge is 0.462 e. The van der Waals surface area contributed by atoms with Crippen LogP contribution in [0, 0.1) is 17.5 Å². The minimum absolute atomic E-state index is 0.0285. The Hall–Kier alpha value is -2.05. The Bertz CT molecular complexity index is 586. The number of carbonyl (C=O) groups is 2. The smallest absolute Gasteiger partial charge is 0.331 e. The summed E-state index contributed by atoms with van der Waals surface area (Å²) in [5.74, 6) is -6.18. The summed E-state index contributed by atoms with van der Waals surface area (Å²) in [4.78, 5) is 24.9. The van der Waals surface area contributed by atoms with E-state index in [1.165, 1.54) is 13.8 Å². The molecule has 0 N–H and O–H groups in total. The summed E-state index contributed by atoms with van der Waals surface area (Å²) in [5.41, 5.74) is -1.92. The quantitative estimate of drug-likeness (QED) is 0.585. The molecule has 0 aliphatic carbocycles. The molecule has 108 valence electrons. The van der Waals surface area contributed by atoms with Gasteiger partial charge in [0.2, 0.25) is 0 Å². The molecule has 1 heterocycles. The molecule has 1 saturated heterocycles. The Labute approximate surface area is 113 Å². The second kappa shape index (κ2) is 4.81. The zero-order valence-electron chi connectivity index (χ0n) is 10.9. The molecule has 7 heteroatoms. The maximum absolute atomic E-state index is 13.6. The number of carbonyl (C=O) groups excluding carboxylic acids is 2. The maximum Gasteiger partial charge on any atom is 0.331 e. The number of amides is 1. The molecule has 20 heavy (non-hydrogen) atoms. The van der Waals surface area contributed by atoms with Crippen LogP contribution in [0.3, 0.4) is 0 Å². The van der Waals surface area contributed by atoms with Crippen LogP contribution in [-0.4, -0.2) is 35.5 Å². The Morgan fingerprint density at radius 2 is 1.90 bits per heavy atom. The molecular weight excluding hydrogens is 275 g/mol. The van der Waals surface area contributed by atoms with Gasteiger partial charge >= 0.3 is 5.97 Å². The van der Waals surface area contributed by atoms with Crippen LogP contribution in [0.5, 0.6) is 0 Å². The molecule has 4 nitrogen and oxygen atoms in total. The first-order valence-corrected chi connectivity index (χ1v) is 5.89. The average molecular weight is 287 g/mol. The van der Waals surface area contributed by atoms with Gasteiger partial charge in [-0.25, -0.2) is 18.0 Å². The lowest BCUT2D eigenvalue weighted by molar-refractivity contribution is -0.162. The van der Waals surface area contributed by atoms with Gasteiger partial charge < -0.3 is 9.64 Å². The number of cyclic esters (lactones) is 1. The van der Waals surface area contributed by atoms with Crippen molar-refractivity contribution >= 4 is 11.9 Å². The average Bonchev–Trinajstić information content (AvgIpc) is 2.39. The van der Waals surface area contributed by atoms with Gasteiger partial charge in [-0.2, -0.15) is 0 Å². The van der Waals surface area contributed by atoms with E-state index in [4.69, 9.17) is 4.74 Å². The molecule has 2 rings (SSSR count). The molecule has 0 unspecified atom stereocenters. The van der Waals surface area contributed by atoms with Gasteiger partial charge in [0.05, 0.1) is 12.1 Å². The van der Waals surface area contributed by atoms with Crippen LogP contribution < -0.4 is 0 Å². The van der Waals surface area contributed by atoms with Crippen molar-refractivity contribution in [2.75, 3.05) is 13.2 Å². The van der Waals surface area contributed by atoms with E-state index in [1.807, 2.05) is 0 Å². The molecule has 0 aromatic heterocycles. The molecule has 0 atom stereocenters. The Kier molecular flexibility index (Phi) is 3.45. The molecule has 0 radical (unpaired) electrons. The van der Waals surface area contributed by atoms with Crippen molar-refractivity contribution in [3.05, 3.63) is 35.1 Å². The Morgan fingerprint density at radius 3 is 2.55 bits per heavy atom. The lowest BCUT2D eigenvalue weighted by Gasteiger charge is -2.40. The molecule has 1 aromatic carbocycles. The summed E-state index contributed by atoms with van der Waals surface area (Å²) in [6.07, 6.45) is 0. The number of halogens is 3. The predicted octanol–water partition coefficient (Wildman–Crippen LogP) is 1.88. The lowest BCUT2D eigenvalue weighted by atomic mass is 9.99. The standard InChI is InChI=1S/C13H12F3NO3/c1-13(2)12(19)20-6-5-17(13)11(18)7-3-4-8(14)10(16)9(7)15/h3-4H,5-6H2,1-2H3. The zero-order chi connectivity index (χ0) is 15.1. The summed E-state index contributed by atoms with van der Waals surface area (Å²) in [7, 11) is 0. The van der Waals surface area contributed by atoms with Gasteiger partial charge in [-0.1, -0.05) is 0 Å². The van der Waals surface area contributed by atoms with Crippen molar-refractivity contribution in [1.29, 1.82) is 0 Å². The van der Waals surface area contributed by atoms with E-state index in [0.29, 0.717) is 6.07 Å². The molecule has 1 aliphatic heterocycles. The van der Waals surface area contributed by atoms with Crippen LogP contribution in [0.2, 0.25) is 0 Å². The number of benzene rings is 1. The fourth-order valence-corrected chi connectivity index (χ4v) is 1.99. The highest BCUT2D eigenvalue weighted by molar-refractivity contribution is 5.98. The zero-order valence-corrected chi connectivity index (χ0v) is 10.9. The summed E-state index contributed by atoms with van der Waals surface area (Å²) in [6.45, 7) is 2.89. The number of hydrogen-bond acceptors (Lipinski definition) is 3. The minimum Gasteiger partial charge on any atom is -0.462 e. The first-order valence-electron chi connectivity index (χ1n) is 5.89. The molecule has 0 saturated carbocycles. The number of hydrogen-bond donors (Lipinski definition) is 0. The number of esters is 1. The van der Waals surface area contributed by atoms with Gasteiger partial charge in [-0.05, 0) is 26.0 Å². The fourth-order valence-electron chi connectivity index (χ4n) is 1.99. The van der Waals surface area contributed by atoms with Crippen molar-refractivity contribution in [3.63, 3.8) is 0 Å². The molecule has 1 amide bonds. The Balaban J connectivity index is 2.41. The van der Waals surface area contributed by atoms with E-state index in [-0.39, 0.29) is 13.2 Å². The van der Waals surface area contributed by atoms with Crippen molar-refractivity contribution < 1.29 is 27.5 Å². The SMILES string of the molecule is CC1(C)C(=O)OCCN1C(=O)c1ccc(F)c(F)c1F. The van der Waals surface area contributed by atoms with Crippen molar-refractivity contribution in [1.82, 2.24) is 4.90 Å². The van der Waals surface area contributed by atoms with Crippen LogP contribution >= 0.6 is 0 Å².